The minimum absolute atomic E-state index is 0.0628. The third-order valence-corrected chi connectivity index (χ3v) is 1.45. The van der Waals surface area contributed by atoms with Crippen LogP contribution in [0.3, 0.4) is 0 Å². The molecule has 0 bridgehead atoms. The van der Waals surface area contributed by atoms with Crippen molar-refractivity contribution in [3.05, 3.63) is 0 Å². The van der Waals surface area contributed by atoms with Gasteiger partial charge in [0.25, 0.3) is 0 Å². The number of carbonyl (C=O) groups is 2. The molecule has 0 aromatic heterocycles. The molecule has 0 atom stereocenters. The molecule has 1 amide bonds. The van der Waals surface area contributed by atoms with Crippen LogP contribution in [0.2, 0.25) is 0 Å². The molecule has 70 valence electrons. The van der Waals surface area contributed by atoms with Crippen molar-refractivity contribution in [2.45, 2.75) is 27.2 Å². The Hall–Kier alpha value is -1.06. The fraction of sp³-hybridized carbons (Fsp3) is 0.750. The van der Waals surface area contributed by atoms with Gasteiger partial charge in [-0.15, -0.1) is 0 Å². The van der Waals surface area contributed by atoms with Crippen molar-refractivity contribution in [3.8, 4) is 0 Å². The number of carbonyl (C=O) groups excluding carboxylic acids is 1. The van der Waals surface area contributed by atoms with Crippen LogP contribution < -0.4 is 5.32 Å². The Balaban J connectivity index is 3.86. The van der Waals surface area contributed by atoms with Crippen LogP contribution in [0.4, 0.5) is 0 Å². The van der Waals surface area contributed by atoms with E-state index in [1.807, 2.05) is 0 Å². The highest BCUT2D eigenvalue weighted by Crippen LogP contribution is 2.18. The van der Waals surface area contributed by atoms with Crippen molar-refractivity contribution in [2.75, 3.05) is 6.54 Å². The Bertz CT molecular complexity index is 187. The maximum absolute atomic E-state index is 10.5. The van der Waals surface area contributed by atoms with Gasteiger partial charge >= 0.3 is 5.97 Å². The molecule has 0 unspecified atom stereocenters. The summed E-state index contributed by atoms with van der Waals surface area (Å²) < 4.78 is 0. The summed E-state index contributed by atoms with van der Waals surface area (Å²) >= 11 is 0. The van der Waals surface area contributed by atoms with Gasteiger partial charge in [-0.3, -0.25) is 9.59 Å². The van der Waals surface area contributed by atoms with Crippen LogP contribution in [0, 0.1) is 5.41 Å². The molecule has 0 aromatic carbocycles. The number of rotatable bonds is 4. The number of nitrogens with one attached hydrogen (secondary N) is 1. The zero-order valence-electron chi connectivity index (χ0n) is 7.68. The topological polar surface area (TPSA) is 66.4 Å². The molecular weight excluding hydrogens is 158 g/mol. The second kappa shape index (κ2) is 4.09. The Kier molecular flexibility index (Phi) is 3.73. The molecule has 0 saturated heterocycles. The van der Waals surface area contributed by atoms with Crippen LogP contribution in [0.15, 0.2) is 0 Å². The van der Waals surface area contributed by atoms with E-state index in [2.05, 4.69) is 5.32 Å². The normalized spacial score (nSPS) is 10.9. The van der Waals surface area contributed by atoms with E-state index in [1.165, 1.54) is 6.92 Å². The lowest BCUT2D eigenvalue weighted by Gasteiger charge is -2.21. The Morgan fingerprint density at radius 3 is 2.25 bits per heavy atom. The average molecular weight is 173 g/mol. The van der Waals surface area contributed by atoms with Crippen molar-refractivity contribution >= 4 is 11.9 Å². The second-order valence-corrected chi connectivity index (χ2v) is 3.64. The molecule has 0 saturated carbocycles. The first-order chi connectivity index (χ1) is 5.33. The van der Waals surface area contributed by atoms with Gasteiger partial charge in [0.1, 0.15) is 0 Å². The summed E-state index contributed by atoms with van der Waals surface area (Å²) in [5, 5.41) is 11.1. The van der Waals surface area contributed by atoms with Gasteiger partial charge in [-0.25, -0.2) is 0 Å². The first kappa shape index (κ1) is 10.9. The molecule has 4 heteroatoms. The molecule has 0 aliphatic rings. The first-order valence-electron chi connectivity index (χ1n) is 3.80. The van der Waals surface area contributed by atoms with Crippen molar-refractivity contribution in [1.29, 1.82) is 0 Å². The number of carboxylic acid groups (broad SMARTS) is 1. The minimum atomic E-state index is -0.842. The zero-order chi connectivity index (χ0) is 9.78. The summed E-state index contributed by atoms with van der Waals surface area (Å²) in [4.78, 5) is 20.9. The highest BCUT2D eigenvalue weighted by atomic mass is 16.4. The van der Waals surface area contributed by atoms with Crippen LogP contribution in [0.5, 0.6) is 0 Å². The Morgan fingerprint density at radius 1 is 1.42 bits per heavy atom. The molecule has 0 radical (unpaired) electrons. The van der Waals surface area contributed by atoms with Crippen molar-refractivity contribution < 1.29 is 14.7 Å². The van der Waals surface area contributed by atoms with Gasteiger partial charge in [-0.2, -0.15) is 0 Å². The lowest BCUT2D eigenvalue weighted by atomic mass is 9.89. The molecule has 0 heterocycles. The highest BCUT2D eigenvalue weighted by molar-refractivity contribution is 5.73. The fourth-order valence-corrected chi connectivity index (χ4v) is 0.836. The minimum Gasteiger partial charge on any atom is -0.481 e. The van der Waals surface area contributed by atoms with Gasteiger partial charge in [0.15, 0.2) is 0 Å². The van der Waals surface area contributed by atoms with Gasteiger partial charge < -0.3 is 10.4 Å². The smallest absolute Gasteiger partial charge is 0.303 e. The van der Waals surface area contributed by atoms with E-state index in [0.717, 1.165) is 0 Å². The monoisotopic (exact) mass is 173 g/mol. The summed E-state index contributed by atoms with van der Waals surface area (Å²) in [6.07, 6.45) is 0.0628. The zero-order valence-corrected chi connectivity index (χ0v) is 7.68. The van der Waals surface area contributed by atoms with E-state index in [9.17, 15) is 9.59 Å². The number of hydrogen-bond acceptors (Lipinski definition) is 2. The summed E-state index contributed by atoms with van der Waals surface area (Å²) in [6, 6.07) is 0. The molecular formula is C8H15NO3. The van der Waals surface area contributed by atoms with Crippen LogP contribution in [-0.4, -0.2) is 23.5 Å². The molecule has 0 fully saturated rings. The molecule has 0 rings (SSSR count). The molecule has 0 spiro atoms. The lowest BCUT2D eigenvalue weighted by molar-refractivity contribution is -0.139. The SMILES string of the molecule is CC(=O)NCC(C)(C)CC(=O)O. The summed E-state index contributed by atoms with van der Waals surface area (Å²) in [6.45, 7) is 5.42. The molecule has 0 aliphatic heterocycles. The maximum Gasteiger partial charge on any atom is 0.303 e. The largest absolute Gasteiger partial charge is 0.481 e. The van der Waals surface area contributed by atoms with E-state index < -0.39 is 5.97 Å². The van der Waals surface area contributed by atoms with Gasteiger partial charge in [-0.1, -0.05) is 13.8 Å². The fourth-order valence-electron chi connectivity index (χ4n) is 0.836. The Labute approximate surface area is 72.0 Å². The summed E-state index contributed by atoms with van der Waals surface area (Å²) in [5.74, 6) is -0.973. The molecule has 0 aromatic rings. The number of carboxylic acids is 1. The highest BCUT2D eigenvalue weighted by Gasteiger charge is 2.21. The standard InChI is InChI=1S/C8H15NO3/c1-6(10)9-5-8(2,3)4-7(11)12/h4-5H2,1-3H3,(H,9,10)(H,11,12). The van der Waals surface area contributed by atoms with E-state index >= 15 is 0 Å². The maximum atomic E-state index is 10.5. The van der Waals surface area contributed by atoms with Crippen LogP contribution in [0.1, 0.15) is 27.2 Å². The van der Waals surface area contributed by atoms with Crippen molar-refractivity contribution in [1.82, 2.24) is 5.32 Å². The number of aliphatic carboxylic acids is 1. The second-order valence-electron chi connectivity index (χ2n) is 3.64. The molecule has 12 heavy (non-hydrogen) atoms. The van der Waals surface area contributed by atoms with Crippen LogP contribution in [-0.2, 0) is 9.59 Å². The van der Waals surface area contributed by atoms with Crippen molar-refractivity contribution in [3.63, 3.8) is 0 Å². The Morgan fingerprint density at radius 2 is 1.92 bits per heavy atom. The van der Waals surface area contributed by atoms with Gasteiger partial charge in [-0.05, 0) is 5.41 Å². The number of amides is 1. The average Bonchev–Trinajstić information content (AvgIpc) is 1.81. The van der Waals surface area contributed by atoms with Gasteiger partial charge in [0.05, 0.1) is 6.42 Å². The molecule has 2 N–H and O–H groups in total. The quantitative estimate of drug-likeness (QED) is 0.655. The van der Waals surface area contributed by atoms with E-state index in [0.29, 0.717) is 6.54 Å². The predicted molar refractivity (Wildman–Crippen MR) is 44.7 cm³/mol. The third-order valence-electron chi connectivity index (χ3n) is 1.45. The van der Waals surface area contributed by atoms with Crippen LogP contribution in [0.25, 0.3) is 0 Å². The lowest BCUT2D eigenvalue weighted by Crippen LogP contribution is -2.33. The first-order valence-corrected chi connectivity index (χ1v) is 3.80. The predicted octanol–water partition coefficient (Wildman–Crippen LogP) is 0.623. The summed E-state index contributed by atoms with van der Waals surface area (Å²) in [5.41, 5.74) is -0.377. The van der Waals surface area contributed by atoms with Gasteiger partial charge in [0, 0.05) is 13.5 Å². The van der Waals surface area contributed by atoms with E-state index in [4.69, 9.17) is 5.11 Å². The van der Waals surface area contributed by atoms with Crippen LogP contribution >= 0.6 is 0 Å². The third kappa shape index (κ3) is 5.70. The number of hydrogen-bond donors (Lipinski definition) is 2. The van der Waals surface area contributed by atoms with E-state index in [-0.39, 0.29) is 17.7 Å². The van der Waals surface area contributed by atoms with E-state index in [1.54, 1.807) is 13.8 Å². The van der Waals surface area contributed by atoms with Gasteiger partial charge in [0.2, 0.25) is 5.91 Å². The molecule has 4 nitrogen and oxygen atoms in total. The van der Waals surface area contributed by atoms with Crippen molar-refractivity contribution in [2.24, 2.45) is 5.41 Å². The molecule has 0 aliphatic carbocycles. The summed E-state index contributed by atoms with van der Waals surface area (Å²) in [7, 11) is 0.